The smallest absolute Gasteiger partial charge is 0.132 e. The highest BCUT2D eigenvalue weighted by Crippen LogP contribution is 2.60. The fraction of sp³-hybridized carbons (Fsp3) is 0.0323. The maximum absolute atomic E-state index is 7.06. The van der Waals surface area contributed by atoms with Crippen LogP contribution in [0, 0.1) is 0 Å². The molecule has 2 aliphatic heterocycles. The van der Waals surface area contributed by atoms with Crippen molar-refractivity contribution in [3.63, 3.8) is 0 Å². The van der Waals surface area contributed by atoms with Crippen molar-refractivity contribution < 1.29 is 4.74 Å². The van der Waals surface area contributed by atoms with Gasteiger partial charge in [0.1, 0.15) is 11.5 Å². The molecule has 160 valence electrons. The highest BCUT2D eigenvalue weighted by molar-refractivity contribution is 6.33. The van der Waals surface area contributed by atoms with E-state index in [4.69, 9.17) is 16.3 Å². The van der Waals surface area contributed by atoms with E-state index in [1.165, 1.54) is 32.9 Å². The second-order valence-corrected chi connectivity index (χ2v) is 9.44. The van der Waals surface area contributed by atoms with Crippen LogP contribution in [0.15, 0.2) is 109 Å². The molecular weight excluding hydrogens is 438 g/mol. The van der Waals surface area contributed by atoms with Gasteiger partial charge in [-0.3, -0.25) is 0 Å². The van der Waals surface area contributed by atoms with Gasteiger partial charge in [-0.1, -0.05) is 96.5 Å². The van der Waals surface area contributed by atoms with Crippen molar-refractivity contribution in [1.29, 1.82) is 0 Å². The number of hydrogen-bond donors (Lipinski definition) is 0. The quantitative estimate of drug-likeness (QED) is 0.224. The average molecular weight is 456 g/mol. The Morgan fingerprint density at radius 3 is 1.94 bits per heavy atom. The van der Waals surface area contributed by atoms with E-state index < -0.39 is 5.41 Å². The lowest BCUT2D eigenvalue weighted by Gasteiger charge is -2.45. The highest BCUT2D eigenvalue weighted by atomic mass is 35.5. The molecule has 0 saturated carbocycles. The van der Waals surface area contributed by atoms with Gasteiger partial charge in [-0.2, -0.15) is 0 Å². The molecule has 0 unspecified atom stereocenters. The van der Waals surface area contributed by atoms with Gasteiger partial charge in [-0.15, -0.1) is 0 Å². The van der Waals surface area contributed by atoms with E-state index in [2.05, 4.69) is 95.6 Å². The zero-order valence-electron chi connectivity index (χ0n) is 18.1. The van der Waals surface area contributed by atoms with Crippen LogP contribution in [0.5, 0.6) is 11.5 Å². The van der Waals surface area contributed by atoms with E-state index in [-0.39, 0.29) is 0 Å². The Morgan fingerprint density at radius 1 is 0.559 bits per heavy atom. The van der Waals surface area contributed by atoms with E-state index in [0.29, 0.717) is 0 Å². The maximum atomic E-state index is 7.06. The molecule has 0 saturated heterocycles. The molecule has 1 spiro atoms. The summed E-state index contributed by atoms with van der Waals surface area (Å²) in [6, 6.07) is 38.4. The van der Waals surface area contributed by atoms with Crippen molar-refractivity contribution in [2.45, 2.75) is 5.41 Å². The number of hydrogen-bond acceptors (Lipinski definition) is 1. The van der Waals surface area contributed by atoms with E-state index >= 15 is 0 Å². The molecule has 34 heavy (non-hydrogen) atoms. The second-order valence-electron chi connectivity index (χ2n) is 9.03. The fourth-order valence-corrected chi connectivity index (χ4v) is 6.58. The summed E-state index contributed by atoms with van der Waals surface area (Å²) in [7, 11) is 0. The van der Waals surface area contributed by atoms with Crippen molar-refractivity contribution in [3.8, 4) is 17.2 Å². The van der Waals surface area contributed by atoms with Crippen LogP contribution >= 0.6 is 11.6 Å². The van der Waals surface area contributed by atoms with Gasteiger partial charge in [0.2, 0.25) is 0 Å². The first-order valence-electron chi connectivity index (χ1n) is 11.5. The van der Waals surface area contributed by atoms with Crippen molar-refractivity contribution in [1.82, 2.24) is 4.57 Å². The van der Waals surface area contributed by atoms with E-state index in [9.17, 15) is 0 Å². The lowest BCUT2D eigenvalue weighted by molar-refractivity contribution is 0.434. The maximum Gasteiger partial charge on any atom is 0.132 e. The Bertz CT molecular complexity index is 1770. The number of halogens is 1. The summed E-state index contributed by atoms with van der Waals surface area (Å²) in [5.74, 6) is 1.77. The van der Waals surface area contributed by atoms with Gasteiger partial charge >= 0.3 is 0 Å². The Kier molecular flexibility index (Phi) is 3.42. The van der Waals surface area contributed by atoms with Crippen molar-refractivity contribution in [3.05, 3.63) is 136 Å². The number of aromatic nitrogens is 1. The number of ether oxygens (including phenoxy) is 1. The first kappa shape index (κ1) is 18.4. The molecule has 6 aromatic rings. The minimum Gasteiger partial charge on any atom is -0.457 e. The summed E-state index contributed by atoms with van der Waals surface area (Å²) in [5, 5.41) is 3.21. The molecule has 5 aromatic carbocycles. The van der Waals surface area contributed by atoms with Crippen LogP contribution < -0.4 is 4.74 Å². The fourth-order valence-electron chi connectivity index (χ4n) is 6.32. The molecule has 0 radical (unpaired) electrons. The predicted octanol–water partition coefficient (Wildman–Crippen LogP) is 8.24. The molecule has 2 nitrogen and oxygen atoms in total. The standard InChI is InChI=1S/C31H18ClNO/c32-25-15-8-14-24-30(25)33-26-16-4-1-9-19(26)20-10-7-13-23(29(20)33)31(24)21-11-2-5-17-27(21)34-28-18-6-3-12-22(28)31/h1-18H. The first-order chi connectivity index (χ1) is 16.8. The molecule has 0 aliphatic carbocycles. The van der Waals surface area contributed by atoms with Crippen molar-refractivity contribution >= 4 is 33.4 Å². The van der Waals surface area contributed by atoms with Gasteiger partial charge in [0.05, 0.1) is 27.2 Å². The second kappa shape index (κ2) is 6.31. The van der Waals surface area contributed by atoms with Crippen LogP contribution in [0.25, 0.3) is 27.5 Å². The van der Waals surface area contributed by atoms with Crippen LogP contribution in [0.3, 0.4) is 0 Å². The van der Waals surface area contributed by atoms with Crippen molar-refractivity contribution in [2.24, 2.45) is 0 Å². The van der Waals surface area contributed by atoms with Crippen LogP contribution in [-0.2, 0) is 5.41 Å². The summed E-state index contributed by atoms with van der Waals surface area (Å²) >= 11 is 7.06. The van der Waals surface area contributed by atoms with E-state index in [1.807, 2.05) is 18.2 Å². The molecule has 0 N–H and O–H groups in total. The van der Waals surface area contributed by atoms with Gasteiger partial charge in [0, 0.05) is 21.9 Å². The molecule has 3 heteroatoms. The molecule has 0 amide bonds. The largest absolute Gasteiger partial charge is 0.457 e. The number of para-hydroxylation sites is 5. The minimum atomic E-state index is -0.546. The van der Waals surface area contributed by atoms with Gasteiger partial charge in [0.15, 0.2) is 0 Å². The summed E-state index contributed by atoms with van der Waals surface area (Å²) < 4.78 is 8.82. The molecule has 3 heterocycles. The van der Waals surface area contributed by atoms with E-state index in [1.54, 1.807) is 0 Å². The Balaban J connectivity index is 1.71. The normalized spacial score (nSPS) is 14.5. The zero-order valence-corrected chi connectivity index (χ0v) is 18.9. The Morgan fingerprint density at radius 2 is 1.15 bits per heavy atom. The molecule has 0 fully saturated rings. The van der Waals surface area contributed by atoms with Gasteiger partial charge in [-0.25, -0.2) is 0 Å². The third-order valence-electron chi connectivity index (χ3n) is 7.52. The molecule has 0 atom stereocenters. The summed E-state index contributed by atoms with van der Waals surface area (Å²) in [4.78, 5) is 0. The van der Waals surface area contributed by atoms with Gasteiger partial charge in [-0.05, 0) is 35.4 Å². The van der Waals surface area contributed by atoms with Crippen LogP contribution in [-0.4, -0.2) is 4.57 Å². The van der Waals surface area contributed by atoms with E-state index in [0.717, 1.165) is 33.3 Å². The van der Waals surface area contributed by atoms with Crippen LogP contribution in [0.2, 0.25) is 5.02 Å². The zero-order chi connectivity index (χ0) is 22.4. The third-order valence-corrected chi connectivity index (χ3v) is 7.82. The third kappa shape index (κ3) is 2.00. The number of nitrogens with zero attached hydrogens (tertiary/aromatic N) is 1. The van der Waals surface area contributed by atoms with Crippen molar-refractivity contribution in [2.75, 3.05) is 0 Å². The molecular formula is C31H18ClNO. The average Bonchev–Trinajstić information content (AvgIpc) is 3.22. The number of fused-ring (bicyclic) bond motifs is 11. The lowest BCUT2D eigenvalue weighted by Crippen LogP contribution is -2.37. The summed E-state index contributed by atoms with van der Waals surface area (Å²) in [5.41, 5.74) is 7.57. The predicted molar refractivity (Wildman–Crippen MR) is 138 cm³/mol. The van der Waals surface area contributed by atoms with Gasteiger partial charge in [0.25, 0.3) is 0 Å². The molecule has 1 aromatic heterocycles. The van der Waals surface area contributed by atoms with Gasteiger partial charge < -0.3 is 9.30 Å². The van der Waals surface area contributed by atoms with Crippen LogP contribution in [0.1, 0.15) is 22.3 Å². The minimum absolute atomic E-state index is 0.546. The Hall–Kier alpha value is -4.01. The molecule has 0 bridgehead atoms. The summed E-state index contributed by atoms with van der Waals surface area (Å²) in [6.07, 6.45) is 0. The molecule has 2 aliphatic rings. The number of benzene rings is 5. The Labute approximate surface area is 201 Å². The van der Waals surface area contributed by atoms with Crippen LogP contribution in [0.4, 0.5) is 0 Å². The topological polar surface area (TPSA) is 14.2 Å². The lowest BCUT2D eigenvalue weighted by atomic mass is 9.62. The SMILES string of the molecule is Clc1cccc2c1-n1c3ccccc3c3cccc(c31)C21c2ccccc2Oc2ccccc21. The molecule has 8 rings (SSSR count). The first-order valence-corrected chi connectivity index (χ1v) is 11.9. The summed E-state index contributed by atoms with van der Waals surface area (Å²) in [6.45, 7) is 0. The highest BCUT2D eigenvalue weighted by Gasteiger charge is 2.50. The number of rotatable bonds is 0. The monoisotopic (exact) mass is 455 g/mol.